The number of hydrogen-bond donors (Lipinski definition) is 11. The third-order valence-corrected chi connectivity index (χ3v) is 10.1. The van der Waals surface area contributed by atoms with Gasteiger partial charge in [0.25, 0.3) is 0 Å². The average Bonchev–Trinajstić information content (AvgIpc) is 3.16. The van der Waals surface area contributed by atoms with Crippen LogP contribution in [0.2, 0.25) is 0 Å². The predicted octanol–water partition coefficient (Wildman–Crippen LogP) is -5.94. The van der Waals surface area contributed by atoms with Gasteiger partial charge in [-0.25, -0.2) is 4.79 Å². The first-order chi connectivity index (χ1) is 26.6. The van der Waals surface area contributed by atoms with Gasteiger partial charge in [-0.3, -0.25) is 9.59 Å². The molecule has 0 aromatic rings. The van der Waals surface area contributed by atoms with Crippen molar-refractivity contribution in [3.8, 4) is 0 Å². The number of carboxylic acids is 1. The van der Waals surface area contributed by atoms with Gasteiger partial charge in [-0.2, -0.15) is 0 Å². The fourth-order valence-corrected chi connectivity index (χ4v) is 6.63. The molecule has 3 fully saturated rings. The molecular formula is C34H58O23. The summed E-state index contributed by atoms with van der Waals surface area (Å²) in [7, 11) is 1.22. The minimum Gasteiger partial charge on any atom is -0.479 e. The Labute approximate surface area is 327 Å². The molecule has 0 bridgehead atoms. The van der Waals surface area contributed by atoms with E-state index >= 15 is 0 Å². The first-order valence-electron chi connectivity index (χ1n) is 18.1. The van der Waals surface area contributed by atoms with Crippen molar-refractivity contribution in [3.63, 3.8) is 0 Å². The highest BCUT2D eigenvalue weighted by atomic mass is 16.8. The zero-order valence-electron chi connectivity index (χ0n) is 32.3. The molecule has 0 radical (unpaired) electrons. The smallest absolute Gasteiger partial charge is 0.335 e. The molecule has 3 heterocycles. The molecule has 23 nitrogen and oxygen atoms in total. The minimum atomic E-state index is -2.35. The number of rotatable bonds is 22. The van der Waals surface area contributed by atoms with Crippen LogP contribution in [-0.4, -0.2) is 230 Å². The minimum absolute atomic E-state index is 0.283. The Balaban J connectivity index is 1.90. The molecule has 57 heavy (non-hydrogen) atoms. The normalized spacial score (nSPS) is 39.0. The fourth-order valence-electron chi connectivity index (χ4n) is 6.63. The number of carboxylic acid groups (broad SMARTS) is 1. The van der Waals surface area contributed by atoms with Crippen LogP contribution in [0.25, 0.3) is 0 Å². The van der Waals surface area contributed by atoms with E-state index < -0.39 is 166 Å². The lowest BCUT2D eigenvalue weighted by molar-refractivity contribution is -0.374. The maximum Gasteiger partial charge on any atom is 0.335 e. The van der Waals surface area contributed by atoms with E-state index in [-0.39, 0.29) is 13.2 Å². The van der Waals surface area contributed by atoms with Crippen molar-refractivity contribution >= 4 is 17.5 Å². The predicted molar refractivity (Wildman–Crippen MR) is 183 cm³/mol. The van der Waals surface area contributed by atoms with Crippen LogP contribution in [0.3, 0.4) is 0 Å². The molecule has 3 aliphatic rings. The van der Waals surface area contributed by atoms with Gasteiger partial charge in [-0.05, 0) is 27.7 Å². The number of ketones is 2. The number of Topliss-reactive ketones (excluding diaryl/α,β-unsaturated/α-hetero) is 2. The van der Waals surface area contributed by atoms with Gasteiger partial charge < -0.3 is 98.8 Å². The lowest BCUT2D eigenvalue weighted by Gasteiger charge is -2.51. The molecule has 3 saturated heterocycles. The third kappa shape index (κ3) is 11.3. The molecular weight excluding hydrogens is 776 g/mol. The number of aliphatic hydroxyl groups is 10. The summed E-state index contributed by atoms with van der Waals surface area (Å²) < 4.78 is 51.8. The number of carbonyl (C=O) groups is 3. The second-order valence-electron chi connectivity index (χ2n) is 15.0. The SMILES string of the molecule is CO[C@@H]1C(=O)[C@H](OCCO)C(O[C@@H]2C[C@H](O)C(O[C@@H]3C(=O)[C@H](O)C(O[C@H](C[C@H](O)C(O)C(=O)O)C(C)(O)CO)OC3(C)COCCO)OC2(C)CO)OC1(C)CO. The maximum atomic E-state index is 13.9. The summed E-state index contributed by atoms with van der Waals surface area (Å²) in [5, 5.41) is 112. The van der Waals surface area contributed by atoms with Crippen LogP contribution in [0, 0.1) is 0 Å². The monoisotopic (exact) mass is 834 g/mol. The van der Waals surface area contributed by atoms with Crippen molar-refractivity contribution in [3.05, 3.63) is 0 Å². The number of carbonyl (C=O) groups excluding carboxylic acids is 2. The molecule has 16 atom stereocenters. The zero-order chi connectivity index (χ0) is 43.1. The van der Waals surface area contributed by atoms with E-state index in [4.69, 9.17) is 47.7 Å². The topological polar surface area (TPSA) is 357 Å². The number of hydrogen-bond acceptors (Lipinski definition) is 22. The largest absolute Gasteiger partial charge is 0.479 e. The lowest BCUT2D eigenvalue weighted by atomic mass is 9.87. The van der Waals surface area contributed by atoms with Crippen LogP contribution in [0.4, 0.5) is 0 Å². The number of methoxy groups -OCH3 is 1. The van der Waals surface area contributed by atoms with Crippen LogP contribution < -0.4 is 0 Å². The van der Waals surface area contributed by atoms with Crippen molar-refractivity contribution in [2.75, 3.05) is 60.0 Å². The van der Waals surface area contributed by atoms with E-state index in [2.05, 4.69) is 0 Å². The van der Waals surface area contributed by atoms with Gasteiger partial charge in [0.05, 0.1) is 71.2 Å². The Kier molecular flexibility index (Phi) is 17.8. The highest BCUT2D eigenvalue weighted by molar-refractivity contribution is 5.90. The molecule has 0 amide bonds. The van der Waals surface area contributed by atoms with E-state index in [9.17, 15) is 65.4 Å². The summed E-state index contributed by atoms with van der Waals surface area (Å²) in [5.41, 5.74) is -7.66. The van der Waals surface area contributed by atoms with Crippen molar-refractivity contribution < 1.29 is 113 Å². The summed E-state index contributed by atoms with van der Waals surface area (Å²) in [6.45, 7) is 0.353. The first kappa shape index (κ1) is 49.4. The van der Waals surface area contributed by atoms with E-state index in [1.54, 1.807) is 0 Å². The molecule has 3 rings (SSSR count). The first-order valence-corrected chi connectivity index (χ1v) is 18.1. The molecule has 3 aliphatic heterocycles. The van der Waals surface area contributed by atoms with E-state index in [0.717, 1.165) is 6.92 Å². The molecule has 8 unspecified atom stereocenters. The van der Waals surface area contributed by atoms with Gasteiger partial charge in [0.1, 0.15) is 34.6 Å². The quantitative estimate of drug-likeness (QED) is 0.0452. The van der Waals surface area contributed by atoms with Crippen LogP contribution in [-0.2, 0) is 57.0 Å². The molecule has 11 N–H and O–H groups in total. The Morgan fingerprint density at radius 2 is 1.46 bits per heavy atom. The number of ether oxygens (including phenoxy) is 9. The van der Waals surface area contributed by atoms with Crippen molar-refractivity contribution in [1.82, 2.24) is 0 Å². The van der Waals surface area contributed by atoms with Crippen LogP contribution in [0.15, 0.2) is 0 Å². The Morgan fingerprint density at radius 3 is 2.00 bits per heavy atom. The van der Waals surface area contributed by atoms with Gasteiger partial charge in [0.15, 0.2) is 54.9 Å². The van der Waals surface area contributed by atoms with Gasteiger partial charge in [0, 0.05) is 20.0 Å². The Morgan fingerprint density at radius 1 is 0.860 bits per heavy atom. The summed E-state index contributed by atoms with van der Waals surface area (Å²) >= 11 is 0. The molecule has 0 saturated carbocycles. The van der Waals surface area contributed by atoms with Gasteiger partial charge in [0.2, 0.25) is 0 Å². The third-order valence-electron chi connectivity index (χ3n) is 10.1. The molecule has 0 aromatic carbocycles. The molecule has 332 valence electrons. The molecule has 0 aromatic heterocycles. The highest BCUT2D eigenvalue weighted by Crippen LogP contribution is 2.40. The fraction of sp³-hybridized carbons (Fsp3) is 0.912. The van der Waals surface area contributed by atoms with Crippen LogP contribution in [0.1, 0.15) is 40.5 Å². The highest BCUT2D eigenvalue weighted by Gasteiger charge is 2.59. The van der Waals surface area contributed by atoms with Gasteiger partial charge >= 0.3 is 5.97 Å². The average molecular weight is 835 g/mol. The van der Waals surface area contributed by atoms with Crippen molar-refractivity contribution in [1.29, 1.82) is 0 Å². The number of aliphatic hydroxyl groups excluding tert-OH is 9. The molecule has 0 spiro atoms. The summed E-state index contributed by atoms with van der Waals surface area (Å²) in [4.78, 5) is 38.5. The summed E-state index contributed by atoms with van der Waals surface area (Å²) in [5.74, 6) is -3.67. The lowest BCUT2D eigenvalue weighted by Crippen LogP contribution is -2.68. The van der Waals surface area contributed by atoms with Gasteiger partial charge in [-0.1, -0.05) is 0 Å². The number of aliphatic carboxylic acids is 1. The zero-order valence-corrected chi connectivity index (χ0v) is 32.3. The van der Waals surface area contributed by atoms with Crippen LogP contribution in [0.5, 0.6) is 0 Å². The molecule has 23 heteroatoms. The Hall–Kier alpha value is -1.95. The van der Waals surface area contributed by atoms with Crippen molar-refractivity contribution in [2.24, 2.45) is 0 Å². The maximum absolute atomic E-state index is 13.9. The van der Waals surface area contributed by atoms with E-state index in [1.165, 1.54) is 27.9 Å². The Bertz CT molecular complexity index is 1320. The van der Waals surface area contributed by atoms with Crippen molar-refractivity contribution in [2.45, 2.75) is 137 Å². The second kappa shape index (κ2) is 20.5. The standard InChI is InChI=1S/C34H58O23/c1-31(48,12-37)18(10-16(40)20(42)27(46)47)52-29-22(44)21(43)26(34(4,56-29)15-50-8-6-35)54-28-17(41)11-19(32(2,13-38)55-28)53-30-24(51-9-7-36)23(45)25(49-5)33(3,14-39)57-30/h16-20,22,24-26,28-30,35-42,44,48H,6-15H2,1-5H3,(H,46,47)/t16-,17-,18+,19+,20?,22-,24-,25+,26+,28?,29?,30?,31?,32?,33?,34?/m0/s1. The summed E-state index contributed by atoms with van der Waals surface area (Å²) in [6, 6.07) is 0. The van der Waals surface area contributed by atoms with Crippen LogP contribution >= 0.6 is 0 Å². The molecule has 0 aliphatic carbocycles. The summed E-state index contributed by atoms with van der Waals surface area (Å²) in [6.07, 6.45) is -22.7. The van der Waals surface area contributed by atoms with E-state index in [1.807, 2.05) is 0 Å². The van der Waals surface area contributed by atoms with Gasteiger partial charge in [-0.15, -0.1) is 0 Å². The second-order valence-corrected chi connectivity index (χ2v) is 15.0. The van der Waals surface area contributed by atoms with E-state index in [0.29, 0.717) is 0 Å².